The number of rotatable bonds is 3. The Hall–Kier alpha value is -1.81. The van der Waals surface area contributed by atoms with E-state index in [1.165, 1.54) is 11.3 Å². The molecule has 1 aliphatic heterocycles. The van der Waals surface area contributed by atoms with Gasteiger partial charge in [0, 0.05) is 16.7 Å². The lowest BCUT2D eigenvalue weighted by Crippen LogP contribution is -2.44. The van der Waals surface area contributed by atoms with Crippen molar-refractivity contribution in [2.45, 2.75) is 32.7 Å². The molecule has 0 spiro atoms. The molecule has 2 aromatic carbocycles. The second-order valence-corrected chi connectivity index (χ2v) is 6.93. The molecule has 0 aromatic heterocycles. The van der Waals surface area contributed by atoms with E-state index < -0.39 is 0 Å². The zero-order valence-corrected chi connectivity index (χ0v) is 15.1. The number of anilines is 2. The molecule has 3 nitrogen and oxygen atoms in total. The first-order valence-electron chi connectivity index (χ1n) is 7.98. The van der Waals surface area contributed by atoms with Gasteiger partial charge < -0.3 is 10.2 Å². The number of carbonyl (C=O) groups excluding carboxylic acids is 1. The van der Waals surface area contributed by atoms with E-state index in [4.69, 9.17) is 0 Å². The van der Waals surface area contributed by atoms with Gasteiger partial charge in [-0.1, -0.05) is 24.3 Å². The third kappa shape index (κ3) is 3.42. The molecule has 3 rings (SSSR count). The molecule has 0 bridgehead atoms. The van der Waals surface area contributed by atoms with Crippen LogP contribution in [0, 0.1) is 6.92 Å². The number of amides is 1. The van der Waals surface area contributed by atoms with Crippen molar-refractivity contribution in [3.05, 3.63) is 58.1 Å². The Morgan fingerprint density at radius 2 is 2.04 bits per heavy atom. The fourth-order valence-electron chi connectivity index (χ4n) is 3.07. The SMILES string of the molecule is Cc1ccc(NC(=O)[C@@H](C)N2CCCc3ccccc32)c(Br)c1. The van der Waals surface area contributed by atoms with E-state index >= 15 is 0 Å². The van der Waals surface area contributed by atoms with Gasteiger partial charge in [0.1, 0.15) is 6.04 Å². The fraction of sp³-hybridized carbons (Fsp3) is 0.316. The number of nitrogens with zero attached hydrogens (tertiary/aromatic N) is 1. The lowest BCUT2D eigenvalue weighted by molar-refractivity contribution is -0.117. The maximum Gasteiger partial charge on any atom is 0.246 e. The summed E-state index contributed by atoms with van der Waals surface area (Å²) in [4.78, 5) is 14.9. The molecule has 1 aliphatic rings. The smallest absolute Gasteiger partial charge is 0.246 e. The van der Waals surface area contributed by atoms with Crippen LogP contribution >= 0.6 is 15.9 Å². The summed E-state index contributed by atoms with van der Waals surface area (Å²) in [6.07, 6.45) is 2.17. The quantitative estimate of drug-likeness (QED) is 0.857. The Bertz CT molecular complexity index is 729. The molecule has 120 valence electrons. The first-order chi connectivity index (χ1) is 11.1. The van der Waals surface area contributed by atoms with Crippen molar-refractivity contribution in [1.29, 1.82) is 0 Å². The summed E-state index contributed by atoms with van der Waals surface area (Å²) >= 11 is 3.52. The van der Waals surface area contributed by atoms with Gasteiger partial charge in [-0.25, -0.2) is 0 Å². The number of aryl methyl sites for hydroxylation is 2. The van der Waals surface area contributed by atoms with E-state index in [2.05, 4.69) is 44.3 Å². The highest BCUT2D eigenvalue weighted by Crippen LogP contribution is 2.29. The van der Waals surface area contributed by atoms with E-state index in [9.17, 15) is 4.79 Å². The average Bonchev–Trinajstić information content (AvgIpc) is 2.56. The van der Waals surface area contributed by atoms with Crippen molar-refractivity contribution in [2.24, 2.45) is 0 Å². The molecule has 0 aliphatic carbocycles. The van der Waals surface area contributed by atoms with Gasteiger partial charge >= 0.3 is 0 Å². The number of hydrogen-bond donors (Lipinski definition) is 1. The number of benzene rings is 2. The molecular weight excluding hydrogens is 352 g/mol. The summed E-state index contributed by atoms with van der Waals surface area (Å²) in [5, 5.41) is 3.04. The van der Waals surface area contributed by atoms with E-state index in [0.29, 0.717) is 0 Å². The molecule has 0 saturated heterocycles. The van der Waals surface area contributed by atoms with Crippen LogP contribution in [-0.4, -0.2) is 18.5 Å². The van der Waals surface area contributed by atoms with Gasteiger partial charge in [0.05, 0.1) is 5.69 Å². The summed E-state index contributed by atoms with van der Waals surface area (Å²) in [6.45, 7) is 4.92. The Labute approximate surface area is 145 Å². The second kappa shape index (κ2) is 6.75. The number of hydrogen-bond acceptors (Lipinski definition) is 2. The highest BCUT2D eigenvalue weighted by atomic mass is 79.9. The Morgan fingerprint density at radius 1 is 1.26 bits per heavy atom. The molecule has 0 fully saturated rings. The molecule has 0 saturated carbocycles. The summed E-state index contributed by atoms with van der Waals surface area (Å²) in [5.74, 6) is 0.0197. The number of carbonyl (C=O) groups is 1. The van der Waals surface area contributed by atoms with Gasteiger partial charge in [-0.2, -0.15) is 0 Å². The number of para-hydroxylation sites is 1. The Kier molecular flexibility index (Phi) is 4.71. The fourth-order valence-corrected chi connectivity index (χ4v) is 3.66. The van der Waals surface area contributed by atoms with Crippen molar-refractivity contribution in [3.63, 3.8) is 0 Å². The molecule has 1 N–H and O–H groups in total. The number of halogens is 1. The molecule has 23 heavy (non-hydrogen) atoms. The Balaban J connectivity index is 1.78. The standard InChI is InChI=1S/C19H21BrN2O/c1-13-9-10-17(16(20)12-13)21-19(23)14(2)22-11-5-7-15-6-3-4-8-18(15)22/h3-4,6,8-10,12,14H,5,7,11H2,1-2H3,(H,21,23)/t14-/m1/s1. The first-order valence-corrected chi connectivity index (χ1v) is 8.77. The molecule has 0 unspecified atom stereocenters. The van der Waals surface area contributed by atoms with Gasteiger partial charge in [0.15, 0.2) is 0 Å². The van der Waals surface area contributed by atoms with Gasteiger partial charge in [0.25, 0.3) is 0 Å². The third-order valence-corrected chi connectivity index (χ3v) is 5.03. The molecule has 1 heterocycles. The minimum absolute atomic E-state index is 0.0197. The summed E-state index contributed by atoms with van der Waals surface area (Å²) in [6, 6.07) is 14.1. The summed E-state index contributed by atoms with van der Waals surface area (Å²) in [7, 11) is 0. The van der Waals surface area contributed by atoms with Crippen LogP contribution in [0.25, 0.3) is 0 Å². The topological polar surface area (TPSA) is 32.3 Å². The molecule has 1 atom stereocenters. The van der Waals surface area contributed by atoms with E-state index in [-0.39, 0.29) is 11.9 Å². The van der Waals surface area contributed by atoms with Gasteiger partial charge in [0.2, 0.25) is 5.91 Å². The normalized spacial score (nSPS) is 15.0. The van der Waals surface area contributed by atoms with Crippen molar-refractivity contribution < 1.29 is 4.79 Å². The van der Waals surface area contributed by atoms with Crippen LogP contribution in [0.1, 0.15) is 24.5 Å². The second-order valence-electron chi connectivity index (χ2n) is 6.07. The van der Waals surface area contributed by atoms with Crippen LogP contribution in [0.4, 0.5) is 11.4 Å². The van der Waals surface area contributed by atoms with Crippen molar-refractivity contribution in [3.8, 4) is 0 Å². The molecule has 4 heteroatoms. The van der Waals surface area contributed by atoms with Crippen LogP contribution < -0.4 is 10.2 Å². The molecule has 0 radical (unpaired) electrons. The number of nitrogens with one attached hydrogen (secondary N) is 1. The van der Waals surface area contributed by atoms with Crippen LogP contribution in [-0.2, 0) is 11.2 Å². The maximum absolute atomic E-state index is 12.7. The lowest BCUT2D eigenvalue weighted by atomic mass is 10.00. The molecule has 2 aromatic rings. The van der Waals surface area contributed by atoms with E-state index in [1.54, 1.807) is 0 Å². The zero-order chi connectivity index (χ0) is 16.4. The van der Waals surface area contributed by atoms with Crippen LogP contribution in [0.3, 0.4) is 0 Å². The summed E-state index contributed by atoms with van der Waals surface area (Å²) in [5.41, 5.74) is 4.49. The predicted molar refractivity (Wildman–Crippen MR) is 99.1 cm³/mol. The minimum Gasteiger partial charge on any atom is -0.360 e. The first kappa shape index (κ1) is 16.1. The van der Waals surface area contributed by atoms with Crippen molar-refractivity contribution >= 4 is 33.2 Å². The largest absolute Gasteiger partial charge is 0.360 e. The Morgan fingerprint density at radius 3 is 2.83 bits per heavy atom. The van der Waals surface area contributed by atoms with Crippen LogP contribution in [0.15, 0.2) is 46.9 Å². The van der Waals surface area contributed by atoms with Crippen molar-refractivity contribution in [2.75, 3.05) is 16.8 Å². The molecular formula is C19H21BrN2O. The van der Waals surface area contributed by atoms with Crippen LogP contribution in [0.5, 0.6) is 0 Å². The van der Waals surface area contributed by atoms with Gasteiger partial charge in [-0.3, -0.25) is 4.79 Å². The highest BCUT2D eigenvalue weighted by molar-refractivity contribution is 9.10. The average molecular weight is 373 g/mol. The monoisotopic (exact) mass is 372 g/mol. The minimum atomic E-state index is -0.204. The molecule has 1 amide bonds. The van der Waals surface area contributed by atoms with Gasteiger partial charge in [-0.15, -0.1) is 0 Å². The zero-order valence-electron chi connectivity index (χ0n) is 13.5. The maximum atomic E-state index is 12.7. The van der Waals surface area contributed by atoms with E-state index in [1.807, 2.05) is 38.1 Å². The van der Waals surface area contributed by atoms with E-state index in [0.717, 1.165) is 35.1 Å². The number of fused-ring (bicyclic) bond motifs is 1. The third-order valence-electron chi connectivity index (χ3n) is 4.38. The van der Waals surface area contributed by atoms with Crippen molar-refractivity contribution in [1.82, 2.24) is 0 Å². The lowest BCUT2D eigenvalue weighted by Gasteiger charge is -2.35. The predicted octanol–water partition coefficient (Wildman–Crippen LogP) is 4.54. The summed E-state index contributed by atoms with van der Waals surface area (Å²) < 4.78 is 0.914. The van der Waals surface area contributed by atoms with Crippen LogP contribution in [0.2, 0.25) is 0 Å². The van der Waals surface area contributed by atoms with Gasteiger partial charge in [-0.05, 0) is 71.9 Å². The highest BCUT2D eigenvalue weighted by Gasteiger charge is 2.26.